The summed E-state index contributed by atoms with van der Waals surface area (Å²) in [6, 6.07) is 13.3. The standard InChI is InChI=1S/C23H17BrClNO3S/c1-12-9-10-30-22(12)19-18(20(27)14-3-8-17(24)13(2)11-14)21(28)23(29)26(19)16-6-4-15(25)5-7-16/h3-11,19,27H,1-2H3/b20-18-. The zero-order chi connectivity index (χ0) is 21.6. The molecule has 1 unspecified atom stereocenters. The normalized spacial score (nSPS) is 18.3. The Morgan fingerprint density at radius 1 is 1.07 bits per heavy atom. The summed E-state index contributed by atoms with van der Waals surface area (Å²) in [6.45, 7) is 3.83. The third-order valence-corrected chi connectivity index (χ3v) is 7.34. The van der Waals surface area contributed by atoms with Gasteiger partial charge in [-0.15, -0.1) is 11.3 Å². The highest BCUT2D eigenvalue weighted by molar-refractivity contribution is 9.10. The lowest BCUT2D eigenvalue weighted by Crippen LogP contribution is -2.29. The van der Waals surface area contributed by atoms with Gasteiger partial charge in [-0.2, -0.15) is 0 Å². The van der Waals surface area contributed by atoms with E-state index in [9.17, 15) is 14.7 Å². The van der Waals surface area contributed by atoms with Crippen molar-refractivity contribution >= 4 is 62.0 Å². The molecule has 1 N–H and O–H groups in total. The Bertz CT molecular complexity index is 1200. The van der Waals surface area contributed by atoms with Crippen molar-refractivity contribution in [2.75, 3.05) is 4.90 Å². The molecule has 3 aromatic rings. The molecule has 1 saturated heterocycles. The molecule has 7 heteroatoms. The fourth-order valence-corrected chi connectivity index (χ4v) is 4.96. The number of hydrogen-bond donors (Lipinski definition) is 1. The largest absolute Gasteiger partial charge is 0.507 e. The second kappa shape index (κ2) is 8.02. The summed E-state index contributed by atoms with van der Waals surface area (Å²) < 4.78 is 0.895. The summed E-state index contributed by atoms with van der Waals surface area (Å²) in [5.41, 5.74) is 2.98. The van der Waals surface area contributed by atoms with Gasteiger partial charge in [-0.1, -0.05) is 33.6 Å². The number of nitrogens with zero attached hydrogens (tertiary/aromatic N) is 1. The number of ketones is 1. The van der Waals surface area contributed by atoms with Crippen LogP contribution in [-0.4, -0.2) is 16.8 Å². The smallest absolute Gasteiger partial charge is 0.300 e. The van der Waals surface area contributed by atoms with E-state index in [1.54, 1.807) is 36.4 Å². The van der Waals surface area contributed by atoms with Gasteiger partial charge in [0.2, 0.25) is 0 Å². The van der Waals surface area contributed by atoms with E-state index in [0.717, 1.165) is 20.5 Å². The maximum absolute atomic E-state index is 13.1. The number of benzene rings is 2. The molecule has 0 radical (unpaired) electrons. The minimum atomic E-state index is -0.713. The number of aliphatic hydroxyl groups is 1. The van der Waals surface area contributed by atoms with E-state index in [2.05, 4.69) is 15.9 Å². The predicted molar refractivity (Wildman–Crippen MR) is 124 cm³/mol. The van der Waals surface area contributed by atoms with Crippen LogP contribution in [0, 0.1) is 13.8 Å². The lowest BCUT2D eigenvalue weighted by Gasteiger charge is -2.25. The maximum atomic E-state index is 13.1. The molecule has 2 heterocycles. The minimum absolute atomic E-state index is 0.0854. The number of hydrogen-bond acceptors (Lipinski definition) is 4. The van der Waals surface area contributed by atoms with Crippen molar-refractivity contribution in [2.24, 2.45) is 0 Å². The summed E-state index contributed by atoms with van der Waals surface area (Å²) in [4.78, 5) is 28.4. The number of thiophene rings is 1. The summed E-state index contributed by atoms with van der Waals surface area (Å²) in [5, 5.41) is 13.6. The maximum Gasteiger partial charge on any atom is 0.300 e. The summed E-state index contributed by atoms with van der Waals surface area (Å²) >= 11 is 10.9. The van der Waals surface area contributed by atoms with Crippen LogP contribution in [0.3, 0.4) is 0 Å². The molecular formula is C23H17BrClNO3S. The van der Waals surface area contributed by atoms with Crippen LogP contribution in [0.15, 0.2) is 64.0 Å². The lowest BCUT2D eigenvalue weighted by atomic mass is 9.97. The molecule has 0 bridgehead atoms. The van der Waals surface area contributed by atoms with E-state index < -0.39 is 17.7 Å². The van der Waals surface area contributed by atoms with Gasteiger partial charge in [-0.25, -0.2) is 0 Å². The first kappa shape index (κ1) is 20.8. The van der Waals surface area contributed by atoms with E-state index in [0.29, 0.717) is 16.3 Å². The highest BCUT2D eigenvalue weighted by Crippen LogP contribution is 2.45. The van der Waals surface area contributed by atoms with E-state index >= 15 is 0 Å². The molecular weight excluding hydrogens is 486 g/mol. The summed E-state index contributed by atoms with van der Waals surface area (Å²) in [6.07, 6.45) is 0. The number of carbonyl (C=O) groups is 2. The van der Waals surface area contributed by atoms with Gasteiger partial charge in [0.1, 0.15) is 11.8 Å². The van der Waals surface area contributed by atoms with Crippen LogP contribution in [0.25, 0.3) is 5.76 Å². The fraction of sp³-hybridized carbons (Fsp3) is 0.130. The molecule has 1 fully saturated rings. The van der Waals surface area contributed by atoms with Crippen molar-refractivity contribution in [1.82, 2.24) is 0 Å². The molecule has 1 atom stereocenters. The monoisotopic (exact) mass is 501 g/mol. The number of aliphatic hydroxyl groups excluding tert-OH is 1. The average molecular weight is 503 g/mol. The van der Waals surface area contributed by atoms with Gasteiger partial charge >= 0.3 is 0 Å². The zero-order valence-electron chi connectivity index (χ0n) is 16.1. The van der Waals surface area contributed by atoms with Crippen molar-refractivity contribution < 1.29 is 14.7 Å². The first-order chi connectivity index (χ1) is 14.3. The van der Waals surface area contributed by atoms with Gasteiger partial charge in [-0.05, 0) is 72.8 Å². The molecule has 30 heavy (non-hydrogen) atoms. The van der Waals surface area contributed by atoms with Gasteiger partial charge in [0.15, 0.2) is 0 Å². The van der Waals surface area contributed by atoms with Gasteiger partial charge in [0.25, 0.3) is 11.7 Å². The quantitative estimate of drug-likeness (QED) is 0.256. The highest BCUT2D eigenvalue weighted by atomic mass is 79.9. The SMILES string of the molecule is Cc1cc(/C(O)=C2/C(=O)C(=O)N(c3ccc(Cl)cc3)C2c2sccc2C)ccc1Br. The van der Waals surface area contributed by atoms with Crippen molar-refractivity contribution in [2.45, 2.75) is 19.9 Å². The number of aryl methyl sites for hydroxylation is 2. The second-order valence-electron chi connectivity index (χ2n) is 7.08. The molecule has 0 aliphatic carbocycles. The third-order valence-electron chi connectivity index (χ3n) is 5.13. The molecule has 1 aliphatic heterocycles. The first-order valence-corrected chi connectivity index (χ1v) is 11.2. The number of Topliss-reactive ketones (excluding diaryl/α,β-unsaturated/α-hetero) is 1. The highest BCUT2D eigenvalue weighted by Gasteiger charge is 2.47. The number of anilines is 1. The number of carbonyl (C=O) groups excluding carboxylic acids is 2. The van der Waals surface area contributed by atoms with Gasteiger partial charge < -0.3 is 5.11 Å². The molecule has 1 amide bonds. The number of rotatable bonds is 3. The predicted octanol–water partition coefficient (Wildman–Crippen LogP) is 6.41. The van der Waals surface area contributed by atoms with Crippen LogP contribution in [0.1, 0.15) is 27.6 Å². The first-order valence-electron chi connectivity index (χ1n) is 9.16. The van der Waals surface area contributed by atoms with Gasteiger partial charge in [0.05, 0.1) is 5.57 Å². The lowest BCUT2D eigenvalue weighted by molar-refractivity contribution is -0.132. The van der Waals surface area contributed by atoms with Gasteiger partial charge in [-0.3, -0.25) is 14.5 Å². The van der Waals surface area contributed by atoms with Gasteiger partial charge in [0, 0.05) is 25.6 Å². The summed E-state index contributed by atoms with van der Waals surface area (Å²) in [7, 11) is 0. The Hall–Kier alpha value is -2.41. The topological polar surface area (TPSA) is 57.6 Å². The molecule has 1 aromatic heterocycles. The van der Waals surface area contributed by atoms with E-state index in [-0.39, 0.29) is 11.3 Å². The van der Waals surface area contributed by atoms with E-state index in [1.165, 1.54) is 16.2 Å². The average Bonchev–Trinajstić information content (AvgIpc) is 3.25. The van der Waals surface area contributed by atoms with Crippen molar-refractivity contribution in [3.8, 4) is 0 Å². The molecule has 4 nitrogen and oxygen atoms in total. The second-order valence-corrected chi connectivity index (χ2v) is 9.32. The molecule has 152 valence electrons. The van der Waals surface area contributed by atoms with Crippen molar-refractivity contribution in [3.63, 3.8) is 0 Å². The van der Waals surface area contributed by atoms with Crippen LogP contribution in [0.2, 0.25) is 5.02 Å². The van der Waals surface area contributed by atoms with Crippen LogP contribution >= 0.6 is 38.9 Å². The molecule has 1 aliphatic rings. The Balaban J connectivity index is 1.95. The molecule has 4 rings (SSSR count). The Labute approximate surface area is 191 Å². The Kier molecular flexibility index (Phi) is 5.57. The third kappa shape index (κ3) is 3.49. The van der Waals surface area contributed by atoms with E-state index in [1.807, 2.05) is 31.4 Å². The van der Waals surface area contributed by atoms with Crippen LogP contribution < -0.4 is 4.90 Å². The Morgan fingerprint density at radius 2 is 1.77 bits per heavy atom. The van der Waals surface area contributed by atoms with E-state index in [4.69, 9.17) is 11.6 Å². The van der Waals surface area contributed by atoms with Crippen LogP contribution in [-0.2, 0) is 9.59 Å². The number of halogens is 2. The molecule has 0 spiro atoms. The van der Waals surface area contributed by atoms with Crippen molar-refractivity contribution in [3.05, 3.63) is 90.5 Å². The zero-order valence-corrected chi connectivity index (χ0v) is 19.3. The molecule has 0 saturated carbocycles. The minimum Gasteiger partial charge on any atom is -0.507 e. The Morgan fingerprint density at radius 3 is 2.37 bits per heavy atom. The summed E-state index contributed by atoms with van der Waals surface area (Å²) in [5.74, 6) is -1.57. The van der Waals surface area contributed by atoms with Crippen LogP contribution in [0.4, 0.5) is 5.69 Å². The van der Waals surface area contributed by atoms with Crippen molar-refractivity contribution in [1.29, 1.82) is 0 Å². The molecule has 2 aromatic carbocycles. The number of amides is 1. The van der Waals surface area contributed by atoms with Crippen LogP contribution in [0.5, 0.6) is 0 Å². The fourth-order valence-electron chi connectivity index (χ4n) is 3.56.